The molecule has 28 heavy (non-hydrogen) atoms. The molecule has 2 aromatic heterocycles. The van der Waals surface area contributed by atoms with Gasteiger partial charge in [-0.05, 0) is 24.3 Å². The second kappa shape index (κ2) is 7.24. The Kier molecular flexibility index (Phi) is 4.62. The predicted octanol–water partition coefficient (Wildman–Crippen LogP) is 3.06. The van der Waals surface area contributed by atoms with E-state index in [9.17, 15) is 14.0 Å². The minimum absolute atomic E-state index is 0.0818. The molecule has 0 bridgehead atoms. The van der Waals surface area contributed by atoms with Gasteiger partial charge in [-0.1, -0.05) is 41.9 Å². The van der Waals surface area contributed by atoms with Crippen LogP contribution in [0.3, 0.4) is 0 Å². The largest absolute Gasteiger partial charge is 0.324 e. The molecule has 140 valence electrons. The van der Waals surface area contributed by atoms with Gasteiger partial charge in [-0.3, -0.25) is 9.59 Å². The summed E-state index contributed by atoms with van der Waals surface area (Å²) in [5.41, 5.74) is 1.55. The Morgan fingerprint density at radius 2 is 1.96 bits per heavy atom. The number of hydrogen-bond acceptors (Lipinski definition) is 4. The average molecular weight is 398 g/mol. The minimum atomic E-state index is -0.503. The van der Waals surface area contributed by atoms with Crippen molar-refractivity contribution >= 4 is 28.7 Å². The van der Waals surface area contributed by atoms with Gasteiger partial charge in [0.2, 0.25) is 5.91 Å². The second-order valence-electron chi connectivity index (χ2n) is 6.01. The van der Waals surface area contributed by atoms with Crippen LogP contribution in [0.1, 0.15) is 5.82 Å². The fourth-order valence-corrected chi connectivity index (χ4v) is 2.97. The van der Waals surface area contributed by atoms with Gasteiger partial charge in [0.05, 0.1) is 22.8 Å². The number of rotatable bonds is 4. The van der Waals surface area contributed by atoms with Crippen molar-refractivity contribution in [2.75, 3.05) is 5.32 Å². The smallest absolute Gasteiger partial charge is 0.290 e. The number of H-pyrrole nitrogens is 1. The lowest BCUT2D eigenvalue weighted by Crippen LogP contribution is -2.22. The molecule has 0 aliphatic carbocycles. The number of nitrogens with zero attached hydrogens (tertiary/aromatic N) is 3. The molecule has 2 heterocycles. The first kappa shape index (κ1) is 17.9. The Hall–Kier alpha value is -3.52. The van der Waals surface area contributed by atoms with Crippen molar-refractivity contribution in [2.45, 2.75) is 6.42 Å². The summed E-state index contributed by atoms with van der Waals surface area (Å²) in [6, 6.07) is 14.6. The van der Waals surface area contributed by atoms with E-state index >= 15 is 0 Å². The third-order valence-electron chi connectivity index (χ3n) is 4.07. The van der Waals surface area contributed by atoms with Crippen LogP contribution in [0.5, 0.6) is 0 Å². The summed E-state index contributed by atoms with van der Waals surface area (Å²) in [7, 11) is 0. The number of fused-ring (bicyclic) bond motifs is 1. The number of benzene rings is 2. The highest BCUT2D eigenvalue weighted by Crippen LogP contribution is 2.23. The van der Waals surface area contributed by atoms with Gasteiger partial charge in [0, 0.05) is 5.56 Å². The fourth-order valence-electron chi connectivity index (χ4n) is 2.75. The van der Waals surface area contributed by atoms with Gasteiger partial charge in [0.15, 0.2) is 5.82 Å². The minimum Gasteiger partial charge on any atom is -0.324 e. The molecule has 0 saturated heterocycles. The molecular weight excluding hydrogens is 385 g/mol. The lowest BCUT2D eigenvalue weighted by atomic mass is 10.1. The Labute approximate surface area is 162 Å². The summed E-state index contributed by atoms with van der Waals surface area (Å²) in [5, 5.41) is 13.4. The number of nitrogens with one attached hydrogen (secondary N) is 2. The van der Waals surface area contributed by atoms with Crippen LogP contribution in [-0.2, 0) is 11.2 Å². The second-order valence-corrected chi connectivity index (χ2v) is 6.42. The van der Waals surface area contributed by atoms with Gasteiger partial charge in [0.25, 0.3) is 5.56 Å². The molecule has 1 amide bonds. The first-order valence-electron chi connectivity index (χ1n) is 8.29. The van der Waals surface area contributed by atoms with Crippen LogP contribution in [0.4, 0.5) is 10.1 Å². The highest BCUT2D eigenvalue weighted by Gasteiger charge is 2.15. The van der Waals surface area contributed by atoms with E-state index in [1.165, 1.54) is 16.6 Å². The molecule has 4 aromatic rings. The zero-order valence-corrected chi connectivity index (χ0v) is 15.1. The van der Waals surface area contributed by atoms with Crippen LogP contribution in [0.25, 0.3) is 16.8 Å². The van der Waals surface area contributed by atoms with Crippen molar-refractivity contribution in [1.82, 2.24) is 19.8 Å². The van der Waals surface area contributed by atoms with Crippen LogP contribution in [-0.4, -0.2) is 25.7 Å². The number of halogens is 2. The normalized spacial score (nSPS) is 10.9. The summed E-state index contributed by atoms with van der Waals surface area (Å²) in [6.07, 6.45) is -0.170. The molecule has 0 aliphatic heterocycles. The molecule has 9 heteroatoms. The van der Waals surface area contributed by atoms with Crippen molar-refractivity contribution < 1.29 is 9.18 Å². The number of amides is 1. The lowest BCUT2D eigenvalue weighted by Gasteiger charge is -2.07. The zero-order valence-electron chi connectivity index (χ0n) is 14.3. The quantitative estimate of drug-likeness (QED) is 0.553. The SMILES string of the molecule is O=C(Cc1n[nH]c(=O)c2cc(-c3ccccc3)nn12)Nc1ccc(F)cc1Cl. The molecule has 2 N–H and O–H groups in total. The van der Waals surface area contributed by atoms with Crippen LogP contribution < -0.4 is 10.9 Å². The van der Waals surface area contributed by atoms with E-state index in [0.29, 0.717) is 5.69 Å². The third kappa shape index (κ3) is 3.49. The molecular formula is C19H13ClFN5O2. The average Bonchev–Trinajstić information content (AvgIpc) is 3.14. The fraction of sp³-hybridized carbons (Fsp3) is 0.0526. The maximum absolute atomic E-state index is 13.1. The molecule has 0 fully saturated rings. The maximum Gasteiger partial charge on any atom is 0.290 e. The summed E-state index contributed by atoms with van der Waals surface area (Å²) < 4.78 is 14.5. The number of carbonyl (C=O) groups is 1. The van der Waals surface area contributed by atoms with E-state index in [2.05, 4.69) is 20.6 Å². The Balaban J connectivity index is 1.65. The van der Waals surface area contributed by atoms with E-state index < -0.39 is 17.3 Å². The monoisotopic (exact) mass is 397 g/mol. The highest BCUT2D eigenvalue weighted by atomic mass is 35.5. The van der Waals surface area contributed by atoms with E-state index in [4.69, 9.17) is 11.6 Å². The van der Waals surface area contributed by atoms with Crippen molar-refractivity contribution in [3.63, 3.8) is 0 Å². The number of carbonyl (C=O) groups excluding carboxylic acids is 1. The van der Waals surface area contributed by atoms with Crippen molar-refractivity contribution in [3.05, 3.63) is 81.6 Å². The first-order valence-corrected chi connectivity index (χ1v) is 8.67. The number of aromatic amines is 1. The van der Waals surface area contributed by atoms with Gasteiger partial charge < -0.3 is 5.32 Å². The summed E-state index contributed by atoms with van der Waals surface area (Å²) in [4.78, 5) is 24.5. The lowest BCUT2D eigenvalue weighted by molar-refractivity contribution is -0.115. The predicted molar refractivity (Wildman–Crippen MR) is 103 cm³/mol. The molecule has 0 aliphatic rings. The molecule has 4 rings (SSSR count). The topological polar surface area (TPSA) is 92.2 Å². The van der Waals surface area contributed by atoms with Crippen LogP contribution in [0.2, 0.25) is 5.02 Å². The van der Waals surface area contributed by atoms with E-state index in [-0.39, 0.29) is 28.5 Å². The molecule has 0 radical (unpaired) electrons. The molecule has 0 spiro atoms. The van der Waals surface area contributed by atoms with E-state index in [1.807, 2.05) is 30.3 Å². The van der Waals surface area contributed by atoms with Gasteiger partial charge >= 0.3 is 0 Å². The van der Waals surface area contributed by atoms with Crippen molar-refractivity contribution in [3.8, 4) is 11.3 Å². The number of aromatic nitrogens is 4. The highest BCUT2D eigenvalue weighted by molar-refractivity contribution is 6.33. The molecule has 0 atom stereocenters. The zero-order chi connectivity index (χ0) is 19.7. The Morgan fingerprint density at radius 1 is 1.18 bits per heavy atom. The van der Waals surface area contributed by atoms with Crippen molar-refractivity contribution in [1.29, 1.82) is 0 Å². The standard InChI is InChI=1S/C19H13ClFN5O2/c20-13-8-12(21)6-7-14(13)22-18(27)10-17-23-24-19(28)16-9-15(25-26(16)17)11-4-2-1-3-5-11/h1-9H,10H2,(H,22,27)(H,24,28). The Morgan fingerprint density at radius 3 is 2.71 bits per heavy atom. The molecule has 2 aromatic carbocycles. The Bertz CT molecular complexity index is 1240. The summed E-state index contributed by atoms with van der Waals surface area (Å²) >= 11 is 5.93. The van der Waals surface area contributed by atoms with E-state index in [0.717, 1.165) is 11.6 Å². The van der Waals surface area contributed by atoms with Crippen molar-refractivity contribution in [2.24, 2.45) is 0 Å². The van der Waals surface area contributed by atoms with Gasteiger partial charge in [0.1, 0.15) is 11.3 Å². The maximum atomic E-state index is 13.1. The first-order chi connectivity index (χ1) is 13.5. The van der Waals surface area contributed by atoms with Crippen LogP contribution in [0, 0.1) is 5.82 Å². The van der Waals surface area contributed by atoms with Gasteiger partial charge in [-0.15, -0.1) is 0 Å². The summed E-state index contributed by atoms with van der Waals surface area (Å²) in [5.74, 6) is -0.698. The van der Waals surface area contributed by atoms with Gasteiger partial charge in [-0.25, -0.2) is 14.0 Å². The van der Waals surface area contributed by atoms with Gasteiger partial charge in [-0.2, -0.15) is 10.2 Å². The molecule has 7 nitrogen and oxygen atoms in total. The molecule has 0 saturated carbocycles. The number of anilines is 1. The van der Waals surface area contributed by atoms with E-state index in [1.54, 1.807) is 6.07 Å². The third-order valence-corrected chi connectivity index (χ3v) is 4.38. The van der Waals surface area contributed by atoms with Crippen LogP contribution >= 0.6 is 11.6 Å². The van der Waals surface area contributed by atoms with Crippen LogP contribution in [0.15, 0.2) is 59.4 Å². The summed E-state index contributed by atoms with van der Waals surface area (Å²) in [6.45, 7) is 0. The molecule has 0 unspecified atom stereocenters. The number of hydrogen-bond donors (Lipinski definition) is 2.